The number of aliphatic hydroxyl groups is 1. The fourth-order valence-electron chi connectivity index (χ4n) is 1.19. The molecule has 0 atom stereocenters. The Balaban J connectivity index is 2.18. The lowest BCUT2D eigenvalue weighted by Gasteiger charge is -2.24. The van der Waals surface area contributed by atoms with E-state index in [4.69, 9.17) is 9.84 Å². The van der Waals surface area contributed by atoms with Crippen LogP contribution in [-0.4, -0.2) is 59.7 Å². The molecule has 86 valence electrons. The van der Waals surface area contributed by atoms with Crippen LogP contribution in [0, 0.1) is 0 Å². The molecule has 0 bridgehead atoms. The van der Waals surface area contributed by atoms with Crippen molar-refractivity contribution in [3.8, 4) is 0 Å². The Labute approximate surface area is 92.8 Å². The Bertz CT molecular complexity index is 218. The number of nitrogens with zero attached hydrogens (tertiary/aromatic N) is 1. The first-order valence-electron chi connectivity index (χ1n) is 4.85. The van der Waals surface area contributed by atoms with Crippen molar-refractivity contribution < 1.29 is 19.4 Å². The van der Waals surface area contributed by atoms with Crippen molar-refractivity contribution >= 4 is 23.6 Å². The second-order valence-corrected chi connectivity index (χ2v) is 4.35. The predicted molar refractivity (Wildman–Crippen MR) is 56.6 cm³/mol. The molecule has 1 saturated heterocycles. The molecule has 0 aromatic heterocycles. The number of carbonyl (C=O) groups is 2. The number of morpholine rings is 1. The van der Waals surface area contributed by atoms with Gasteiger partial charge in [0.1, 0.15) is 13.2 Å². The van der Waals surface area contributed by atoms with Gasteiger partial charge in [0.25, 0.3) is 11.8 Å². The van der Waals surface area contributed by atoms with E-state index in [1.165, 1.54) is 4.90 Å². The van der Waals surface area contributed by atoms with Crippen LogP contribution < -0.4 is 0 Å². The van der Waals surface area contributed by atoms with Gasteiger partial charge < -0.3 is 9.84 Å². The first-order chi connectivity index (χ1) is 7.25. The van der Waals surface area contributed by atoms with Gasteiger partial charge in [-0.1, -0.05) is 0 Å². The van der Waals surface area contributed by atoms with Crippen LogP contribution in [0.25, 0.3) is 0 Å². The normalized spacial score (nSPS) is 17.3. The first kappa shape index (κ1) is 12.5. The number of carbonyl (C=O) groups excluding carboxylic acids is 2. The lowest BCUT2D eigenvalue weighted by atomic mass is 10.4. The summed E-state index contributed by atoms with van der Waals surface area (Å²) in [6.45, 7) is 0.639. The molecule has 1 fully saturated rings. The van der Waals surface area contributed by atoms with Crippen LogP contribution >= 0.6 is 11.8 Å². The molecule has 0 spiro atoms. The molecule has 0 aliphatic carbocycles. The zero-order valence-electron chi connectivity index (χ0n) is 8.48. The molecular weight excluding hydrogens is 218 g/mol. The number of hydrogen-bond donors (Lipinski definition) is 1. The van der Waals surface area contributed by atoms with Gasteiger partial charge in [0.2, 0.25) is 0 Å². The van der Waals surface area contributed by atoms with Crippen LogP contribution in [0.5, 0.6) is 0 Å². The average molecular weight is 233 g/mol. The van der Waals surface area contributed by atoms with Crippen molar-refractivity contribution in [1.29, 1.82) is 0 Å². The highest BCUT2D eigenvalue weighted by Gasteiger charge is 2.25. The molecule has 0 unspecified atom stereocenters. The summed E-state index contributed by atoms with van der Waals surface area (Å²) in [7, 11) is 0. The van der Waals surface area contributed by atoms with Gasteiger partial charge in [-0.15, -0.1) is 0 Å². The summed E-state index contributed by atoms with van der Waals surface area (Å²) >= 11 is 1.63. The SMILES string of the molecule is O=C1COCC(=O)N1CCSCCCO. The molecular formula is C9H15NO4S. The van der Waals surface area contributed by atoms with Crippen LogP contribution in [0.1, 0.15) is 6.42 Å². The number of ether oxygens (including phenoxy) is 1. The third-order valence-electron chi connectivity index (χ3n) is 1.96. The second-order valence-electron chi connectivity index (χ2n) is 3.12. The van der Waals surface area contributed by atoms with Crippen LogP contribution in [0.15, 0.2) is 0 Å². The van der Waals surface area contributed by atoms with E-state index in [1.54, 1.807) is 11.8 Å². The molecule has 0 saturated carbocycles. The highest BCUT2D eigenvalue weighted by atomic mass is 32.2. The van der Waals surface area contributed by atoms with Gasteiger partial charge >= 0.3 is 0 Å². The lowest BCUT2D eigenvalue weighted by Crippen LogP contribution is -2.47. The fraction of sp³-hybridized carbons (Fsp3) is 0.778. The number of rotatable bonds is 6. The number of amides is 2. The van der Waals surface area contributed by atoms with Crippen LogP contribution in [0.2, 0.25) is 0 Å². The zero-order chi connectivity index (χ0) is 11.1. The largest absolute Gasteiger partial charge is 0.396 e. The maximum atomic E-state index is 11.3. The summed E-state index contributed by atoms with van der Waals surface area (Å²) in [5, 5.41) is 8.55. The summed E-state index contributed by atoms with van der Waals surface area (Å²) in [4.78, 5) is 23.8. The molecule has 1 aliphatic heterocycles. The van der Waals surface area contributed by atoms with Crippen LogP contribution in [-0.2, 0) is 14.3 Å². The molecule has 6 heteroatoms. The van der Waals surface area contributed by atoms with Crippen molar-refractivity contribution in [2.24, 2.45) is 0 Å². The molecule has 1 N–H and O–H groups in total. The third kappa shape index (κ3) is 4.19. The maximum Gasteiger partial charge on any atom is 0.255 e. The minimum atomic E-state index is -0.256. The van der Waals surface area contributed by atoms with Gasteiger partial charge in [-0.2, -0.15) is 11.8 Å². The Kier molecular flexibility index (Phi) is 5.67. The Morgan fingerprint density at radius 2 is 1.93 bits per heavy atom. The smallest absolute Gasteiger partial charge is 0.255 e. The first-order valence-corrected chi connectivity index (χ1v) is 6.00. The van der Waals surface area contributed by atoms with Crippen LogP contribution in [0.3, 0.4) is 0 Å². The van der Waals surface area contributed by atoms with E-state index >= 15 is 0 Å². The van der Waals surface area contributed by atoms with Gasteiger partial charge in [0.05, 0.1) is 0 Å². The van der Waals surface area contributed by atoms with Gasteiger partial charge in [-0.3, -0.25) is 14.5 Å². The van der Waals surface area contributed by atoms with Crippen molar-refractivity contribution in [3.05, 3.63) is 0 Å². The number of aliphatic hydroxyl groups excluding tert-OH is 1. The summed E-state index contributed by atoms with van der Waals surface area (Å²) < 4.78 is 4.79. The van der Waals surface area contributed by atoms with Crippen molar-refractivity contribution in [2.75, 3.05) is 37.9 Å². The second kappa shape index (κ2) is 6.81. The topological polar surface area (TPSA) is 66.8 Å². The average Bonchev–Trinajstić information content (AvgIpc) is 2.21. The molecule has 1 aliphatic rings. The number of hydrogen-bond acceptors (Lipinski definition) is 5. The molecule has 0 radical (unpaired) electrons. The molecule has 2 amide bonds. The number of thioether (sulfide) groups is 1. The number of imide groups is 1. The Morgan fingerprint density at radius 3 is 2.53 bits per heavy atom. The highest BCUT2D eigenvalue weighted by Crippen LogP contribution is 2.06. The zero-order valence-corrected chi connectivity index (χ0v) is 9.29. The molecule has 1 rings (SSSR count). The quantitative estimate of drug-likeness (QED) is 0.494. The standard InChI is InChI=1S/C9H15NO4S/c11-3-1-4-15-5-2-10-8(12)6-14-7-9(10)13/h11H,1-7H2. The van der Waals surface area contributed by atoms with E-state index < -0.39 is 0 Å². The highest BCUT2D eigenvalue weighted by molar-refractivity contribution is 7.99. The maximum absolute atomic E-state index is 11.3. The molecule has 5 nitrogen and oxygen atoms in total. The van der Waals surface area contributed by atoms with Crippen LogP contribution in [0.4, 0.5) is 0 Å². The summed E-state index contributed by atoms with van der Waals surface area (Å²) in [5.74, 6) is 1.06. The van der Waals surface area contributed by atoms with Crippen molar-refractivity contribution in [2.45, 2.75) is 6.42 Å². The monoisotopic (exact) mass is 233 g/mol. The molecule has 0 aromatic rings. The van der Waals surface area contributed by atoms with E-state index in [1.807, 2.05) is 0 Å². The Morgan fingerprint density at radius 1 is 1.27 bits per heavy atom. The van der Waals surface area contributed by atoms with Crippen molar-refractivity contribution in [3.63, 3.8) is 0 Å². The summed E-state index contributed by atoms with van der Waals surface area (Å²) in [5.41, 5.74) is 0. The van der Waals surface area contributed by atoms with E-state index in [2.05, 4.69) is 0 Å². The van der Waals surface area contributed by atoms with Crippen molar-refractivity contribution in [1.82, 2.24) is 4.90 Å². The summed E-state index contributed by atoms with van der Waals surface area (Å²) in [6, 6.07) is 0. The van der Waals surface area contributed by atoms with E-state index in [9.17, 15) is 9.59 Å². The van der Waals surface area contributed by atoms with E-state index in [0.29, 0.717) is 6.54 Å². The minimum absolute atomic E-state index is 0.00699. The van der Waals surface area contributed by atoms with Gasteiger partial charge in [-0.05, 0) is 12.2 Å². The Hall–Kier alpha value is -0.590. The molecule has 0 aromatic carbocycles. The predicted octanol–water partition coefficient (Wildman–Crippen LogP) is -0.513. The third-order valence-corrected chi connectivity index (χ3v) is 3.01. The van der Waals surface area contributed by atoms with Gasteiger partial charge in [0.15, 0.2) is 0 Å². The minimum Gasteiger partial charge on any atom is -0.396 e. The van der Waals surface area contributed by atoms with Gasteiger partial charge in [0, 0.05) is 18.9 Å². The lowest BCUT2D eigenvalue weighted by molar-refractivity contribution is -0.157. The molecule has 15 heavy (non-hydrogen) atoms. The molecule has 1 heterocycles. The summed E-state index contributed by atoms with van der Waals surface area (Å²) in [6.07, 6.45) is 0.746. The van der Waals surface area contributed by atoms with E-state index in [0.717, 1.165) is 17.9 Å². The van der Waals surface area contributed by atoms with E-state index in [-0.39, 0.29) is 31.6 Å². The fourth-order valence-corrected chi connectivity index (χ4v) is 2.04. The van der Waals surface area contributed by atoms with Gasteiger partial charge in [-0.25, -0.2) is 0 Å².